The topological polar surface area (TPSA) is 61.8 Å². The molecule has 0 bridgehead atoms. The van der Waals surface area contributed by atoms with Crippen molar-refractivity contribution in [3.05, 3.63) is 52.4 Å². The minimum Gasteiger partial charge on any atom is -0.382 e. The van der Waals surface area contributed by atoms with Gasteiger partial charge in [0.15, 0.2) is 34.9 Å². The molecule has 33 heavy (non-hydrogen) atoms. The summed E-state index contributed by atoms with van der Waals surface area (Å²) in [7, 11) is -3.52. The van der Waals surface area contributed by atoms with E-state index in [-0.39, 0.29) is 13.2 Å². The van der Waals surface area contributed by atoms with Crippen LogP contribution in [0.3, 0.4) is 0 Å². The van der Waals surface area contributed by atoms with Gasteiger partial charge in [0, 0.05) is 7.11 Å². The molecule has 184 valence electrons. The number of hydrogen-bond donors (Lipinski definition) is 0. The Kier molecular flexibility index (Phi) is 8.89. The van der Waals surface area contributed by atoms with Crippen LogP contribution < -0.4 is 4.18 Å². The molecule has 0 radical (unpaired) electrons. The second kappa shape index (κ2) is 10.8. The zero-order valence-electron chi connectivity index (χ0n) is 16.1. The lowest BCUT2D eigenvalue weighted by atomic mass is 10.3. The largest absolute Gasteiger partial charge is 0.382 e. The molecule has 0 aliphatic rings. The van der Waals surface area contributed by atoms with Crippen molar-refractivity contribution in [3.63, 3.8) is 0 Å². The highest BCUT2D eigenvalue weighted by Crippen LogP contribution is 2.42. The fraction of sp³-hybridized carbons (Fsp3) is 0.294. The first kappa shape index (κ1) is 27.1. The number of rotatable bonds is 10. The highest BCUT2D eigenvalue weighted by atomic mass is 32.2. The Morgan fingerprint density at radius 1 is 0.636 bits per heavy atom. The summed E-state index contributed by atoms with van der Waals surface area (Å²) >= 11 is -0.856. The summed E-state index contributed by atoms with van der Waals surface area (Å²) < 4.78 is 161. The number of ether oxygens (including phenoxy) is 2. The first-order valence-corrected chi connectivity index (χ1v) is 10.8. The molecule has 5 nitrogen and oxygen atoms in total. The molecule has 0 amide bonds. The van der Waals surface area contributed by atoms with Crippen molar-refractivity contribution >= 4 is 21.9 Å². The lowest BCUT2D eigenvalue weighted by Crippen LogP contribution is -2.20. The Morgan fingerprint density at radius 2 is 1.06 bits per heavy atom. The summed E-state index contributed by atoms with van der Waals surface area (Å²) in [4.78, 5) is -3.72. The first-order chi connectivity index (χ1) is 15.3. The number of hydrogen-bond acceptors (Lipinski definition) is 6. The normalized spacial score (nSPS) is 11.8. The summed E-state index contributed by atoms with van der Waals surface area (Å²) in [6.07, 6.45) is 0. The van der Waals surface area contributed by atoms with E-state index in [1.807, 2.05) is 0 Å². The predicted molar refractivity (Wildman–Crippen MR) is 93.7 cm³/mol. The van der Waals surface area contributed by atoms with Crippen molar-refractivity contribution in [1.29, 1.82) is 0 Å². The molecule has 0 fully saturated rings. The molecule has 0 aromatic heterocycles. The van der Waals surface area contributed by atoms with Gasteiger partial charge in [0.1, 0.15) is 5.75 Å². The van der Waals surface area contributed by atoms with E-state index >= 15 is 0 Å². The highest BCUT2D eigenvalue weighted by Gasteiger charge is 2.33. The Bertz CT molecular complexity index is 1100. The molecular weight excluding hydrogens is 519 g/mol. The lowest BCUT2D eigenvalue weighted by molar-refractivity contribution is 0.0781. The van der Waals surface area contributed by atoms with Crippen LogP contribution in [0.5, 0.6) is 5.75 Å². The number of halogens is 9. The van der Waals surface area contributed by atoms with Gasteiger partial charge < -0.3 is 13.7 Å². The van der Waals surface area contributed by atoms with E-state index in [1.165, 1.54) is 7.11 Å². The molecule has 0 heterocycles. The Balaban J connectivity index is 2.40. The lowest BCUT2D eigenvalue weighted by Gasteiger charge is -2.14. The van der Waals surface area contributed by atoms with Crippen molar-refractivity contribution in [2.45, 2.75) is 9.79 Å². The monoisotopic (exact) mass is 530 g/mol. The van der Waals surface area contributed by atoms with E-state index < -0.39 is 102 Å². The van der Waals surface area contributed by atoms with E-state index in [4.69, 9.17) is 4.74 Å². The minimum absolute atomic E-state index is 0.0540. The van der Waals surface area contributed by atoms with Crippen LogP contribution in [0.1, 0.15) is 0 Å². The quantitative estimate of drug-likeness (QED) is 0.149. The van der Waals surface area contributed by atoms with Crippen molar-refractivity contribution in [1.82, 2.24) is 0 Å². The van der Waals surface area contributed by atoms with Crippen LogP contribution >= 0.6 is 11.8 Å². The van der Waals surface area contributed by atoms with E-state index in [0.717, 1.165) is 0 Å². The van der Waals surface area contributed by atoms with Gasteiger partial charge in [-0.25, -0.2) is 30.7 Å². The zero-order chi connectivity index (χ0) is 25.1. The fourth-order valence-electron chi connectivity index (χ4n) is 2.10. The summed E-state index contributed by atoms with van der Waals surface area (Å²) in [5.74, 6) is -25.3. The van der Waals surface area contributed by atoms with E-state index in [1.54, 1.807) is 0 Å². The summed E-state index contributed by atoms with van der Waals surface area (Å²) in [5.41, 5.74) is 0. The van der Waals surface area contributed by atoms with Crippen molar-refractivity contribution < 1.29 is 61.6 Å². The Labute approximate surface area is 184 Å². The maximum Gasteiger partial charge on any atom is 0.311 e. The van der Waals surface area contributed by atoms with Crippen LogP contribution in [-0.4, -0.2) is 41.1 Å². The van der Waals surface area contributed by atoms with Crippen LogP contribution in [0.15, 0.2) is 9.79 Å². The van der Waals surface area contributed by atoms with Gasteiger partial charge in [0.25, 0.3) is 0 Å². The third kappa shape index (κ3) is 5.85. The average Bonchev–Trinajstić information content (AvgIpc) is 2.77. The van der Waals surface area contributed by atoms with Gasteiger partial charge in [-0.3, -0.25) is 0 Å². The molecule has 0 N–H and O–H groups in total. The van der Waals surface area contributed by atoms with Crippen LogP contribution in [0, 0.1) is 52.4 Å². The van der Waals surface area contributed by atoms with E-state index in [0.29, 0.717) is 0 Å². The molecule has 2 rings (SSSR count). The van der Waals surface area contributed by atoms with E-state index in [2.05, 4.69) is 8.92 Å². The number of methoxy groups -OCH3 is 1. The van der Waals surface area contributed by atoms with Crippen LogP contribution in [0.4, 0.5) is 39.5 Å². The van der Waals surface area contributed by atoms with Gasteiger partial charge >= 0.3 is 10.1 Å². The maximum absolute atomic E-state index is 14.3. The summed E-state index contributed by atoms with van der Waals surface area (Å²) in [6, 6.07) is 0. The fourth-order valence-corrected chi connectivity index (χ4v) is 3.83. The molecule has 0 saturated heterocycles. The third-order valence-electron chi connectivity index (χ3n) is 3.68. The SMILES string of the molecule is COCCOCCS(=O)(=O)Oc1c(F)c(F)c(Sc2c(F)c(F)c(F)c(F)c2F)c(F)c1F. The molecule has 0 aliphatic carbocycles. The second-order valence-electron chi connectivity index (χ2n) is 5.87. The molecule has 0 spiro atoms. The predicted octanol–water partition coefficient (Wildman–Crippen LogP) is 4.46. The molecule has 16 heteroatoms. The van der Waals surface area contributed by atoms with Crippen LogP contribution in [-0.2, 0) is 19.6 Å². The standard InChI is InChI=1S/C17H11F9O5S2/c1-29-2-3-30-4-5-33(27,28)31-15-9(21)13(25)17(14(26)10(15)22)32-16-11(23)7(19)6(18)8(20)12(16)24/h2-5H2,1H3. The highest BCUT2D eigenvalue weighted by molar-refractivity contribution is 7.99. The zero-order valence-corrected chi connectivity index (χ0v) is 17.7. The van der Waals surface area contributed by atoms with Crippen molar-refractivity contribution in [2.24, 2.45) is 0 Å². The van der Waals surface area contributed by atoms with Crippen LogP contribution in [0.2, 0.25) is 0 Å². The van der Waals surface area contributed by atoms with Crippen molar-refractivity contribution in [2.75, 3.05) is 32.7 Å². The first-order valence-electron chi connectivity index (χ1n) is 8.38. The maximum atomic E-state index is 14.3. The van der Waals surface area contributed by atoms with Gasteiger partial charge in [-0.2, -0.15) is 17.2 Å². The van der Waals surface area contributed by atoms with Crippen molar-refractivity contribution in [3.8, 4) is 5.75 Å². The molecule has 2 aromatic rings. The molecule has 0 saturated carbocycles. The van der Waals surface area contributed by atoms with Gasteiger partial charge in [-0.05, 0) is 0 Å². The second-order valence-corrected chi connectivity index (χ2v) is 8.58. The van der Waals surface area contributed by atoms with Gasteiger partial charge in [-0.1, -0.05) is 11.8 Å². The molecule has 2 aromatic carbocycles. The van der Waals surface area contributed by atoms with Gasteiger partial charge in [-0.15, -0.1) is 0 Å². The summed E-state index contributed by atoms with van der Waals surface area (Å²) in [6.45, 7) is -0.515. The van der Waals surface area contributed by atoms with Crippen LogP contribution in [0.25, 0.3) is 0 Å². The molecular formula is C17H11F9O5S2. The minimum atomic E-state index is -4.85. The Hall–Kier alpha value is -2.17. The number of benzene rings is 2. The van der Waals surface area contributed by atoms with E-state index in [9.17, 15) is 47.9 Å². The van der Waals surface area contributed by atoms with Gasteiger partial charge in [0.2, 0.25) is 23.2 Å². The van der Waals surface area contributed by atoms with Gasteiger partial charge in [0.05, 0.1) is 29.6 Å². The molecule has 0 atom stereocenters. The third-order valence-corrected chi connectivity index (χ3v) is 5.89. The Morgan fingerprint density at radius 3 is 1.52 bits per heavy atom. The average molecular weight is 530 g/mol. The smallest absolute Gasteiger partial charge is 0.311 e. The molecule has 0 aliphatic heterocycles. The summed E-state index contributed by atoms with van der Waals surface area (Å²) in [5, 5.41) is 0. The molecule has 0 unspecified atom stereocenters.